The van der Waals surface area contributed by atoms with Crippen LogP contribution in [-0.4, -0.2) is 32.9 Å². The highest BCUT2D eigenvalue weighted by Gasteiger charge is 2.21. The van der Waals surface area contributed by atoms with Crippen LogP contribution >= 0.6 is 11.8 Å². The number of aromatic nitrogens is 3. The Morgan fingerprint density at radius 1 is 1.11 bits per heavy atom. The number of methoxy groups -OCH3 is 1. The van der Waals surface area contributed by atoms with E-state index in [4.69, 9.17) is 4.74 Å². The minimum absolute atomic E-state index is 0.117. The highest BCUT2D eigenvalue weighted by molar-refractivity contribution is 8.00. The second-order valence-corrected chi connectivity index (χ2v) is 7.15. The maximum Gasteiger partial charge on any atom is 0.191 e. The number of rotatable bonds is 6. The van der Waals surface area contributed by atoms with Gasteiger partial charge in [0.15, 0.2) is 28.4 Å². The maximum absolute atomic E-state index is 13.4. The van der Waals surface area contributed by atoms with Crippen molar-refractivity contribution in [2.75, 3.05) is 7.11 Å². The zero-order valence-corrected chi connectivity index (χ0v) is 15.8. The van der Waals surface area contributed by atoms with Gasteiger partial charge >= 0.3 is 0 Å². The molecule has 0 amide bonds. The SMILES string of the molecule is COc1ccc(-c2nnc(SC(C)C(=O)c3ccc(F)c(F)c3)n2C)cc1. The van der Waals surface area contributed by atoms with Crippen LogP contribution in [0.25, 0.3) is 11.4 Å². The van der Waals surface area contributed by atoms with Crippen LogP contribution in [0.1, 0.15) is 17.3 Å². The lowest BCUT2D eigenvalue weighted by molar-refractivity contribution is 0.0993. The fraction of sp³-hybridized carbons (Fsp3) is 0.211. The fourth-order valence-electron chi connectivity index (χ4n) is 2.50. The quantitative estimate of drug-likeness (QED) is 0.469. The molecular weight excluding hydrogens is 372 g/mol. The second-order valence-electron chi connectivity index (χ2n) is 5.85. The van der Waals surface area contributed by atoms with Gasteiger partial charge in [0.25, 0.3) is 0 Å². The second kappa shape index (κ2) is 7.87. The van der Waals surface area contributed by atoms with E-state index in [1.54, 1.807) is 25.6 Å². The van der Waals surface area contributed by atoms with E-state index in [-0.39, 0.29) is 11.3 Å². The van der Waals surface area contributed by atoms with E-state index in [1.807, 2.05) is 24.3 Å². The van der Waals surface area contributed by atoms with E-state index in [0.717, 1.165) is 23.4 Å². The van der Waals surface area contributed by atoms with Crippen molar-refractivity contribution in [3.63, 3.8) is 0 Å². The molecular formula is C19H17F2N3O2S. The van der Waals surface area contributed by atoms with Gasteiger partial charge in [0.1, 0.15) is 5.75 Å². The molecule has 0 aliphatic carbocycles. The smallest absolute Gasteiger partial charge is 0.191 e. The van der Waals surface area contributed by atoms with Crippen molar-refractivity contribution in [1.82, 2.24) is 14.8 Å². The molecule has 0 N–H and O–H groups in total. The third-order valence-electron chi connectivity index (χ3n) is 4.04. The topological polar surface area (TPSA) is 57.0 Å². The van der Waals surface area contributed by atoms with Gasteiger partial charge in [-0.15, -0.1) is 10.2 Å². The number of ether oxygens (including phenoxy) is 1. The van der Waals surface area contributed by atoms with Crippen LogP contribution in [0.3, 0.4) is 0 Å². The van der Waals surface area contributed by atoms with E-state index in [0.29, 0.717) is 11.0 Å². The van der Waals surface area contributed by atoms with Crippen molar-refractivity contribution < 1.29 is 18.3 Å². The van der Waals surface area contributed by atoms with E-state index >= 15 is 0 Å². The number of hydrogen-bond acceptors (Lipinski definition) is 5. The number of carbonyl (C=O) groups excluding carboxylic acids is 1. The largest absolute Gasteiger partial charge is 0.497 e. The first-order valence-corrected chi connectivity index (χ1v) is 8.98. The average molecular weight is 389 g/mol. The van der Waals surface area contributed by atoms with Crippen molar-refractivity contribution in [2.45, 2.75) is 17.3 Å². The summed E-state index contributed by atoms with van der Waals surface area (Å²) >= 11 is 1.21. The molecule has 0 radical (unpaired) electrons. The molecule has 2 aromatic carbocycles. The molecule has 5 nitrogen and oxygen atoms in total. The number of ketones is 1. The van der Waals surface area contributed by atoms with E-state index in [2.05, 4.69) is 10.2 Å². The standard InChI is InChI=1S/C19H17F2N3O2S/c1-11(17(25)13-6-9-15(20)16(21)10-13)27-19-23-22-18(24(19)2)12-4-7-14(26-3)8-5-12/h4-11H,1-3H3. The monoisotopic (exact) mass is 389 g/mol. The Morgan fingerprint density at radius 3 is 2.44 bits per heavy atom. The lowest BCUT2D eigenvalue weighted by atomic mass is 10.1. The van der Waals surface area contributed by atoms with Crippen LogP contribution < -0.4 is 4.74 Å². The molecule has 3 rings (SSSR count). The number of thioether (sulfide) groups is 1. The Kier molecular flexibility index (Phi) is 5.55. The van der Waals surface area contributed by atoms with Gasteiger partial charge < -0.3 is 9.30 Å². The van der Waals surface area contributed by atoms with Gasteiger partial charge in [-0.3, -0.25) is 4.79 Å². The first-order chi connectivity index (χ1) is 12.9. The highest BCUT2D eigenvalue weighted by atomic mass is 32.2. The predicted octanol–water partition coefficient (Wildman–Crippen LogP) is 4.13. The Balaban J connectivity index is 1.78. The summed E-state index contributed by atoms with van der Waals surface area (Å²) in [7, 11) is 3.40. The van der Waals surface area contributed by atoms with Gasteiger partial charge in [-0.1, -0.05) is 11.8 Å². The van der Waals surface area contributed by atoms with Gasteiger partial charge in [-0.2, -0.15) is 0 Å². The summed E-state index contributed by atoms with van der Waals surface area (Å²) in [5.74, 6) is -0.954. The Labute approximate surface area is 159 Å². The molecule has 8 heteroatoms. The predicted molar refractivity (Wildman–Crippen MR) is 99.0 cm³/mol. The van der Waals surface area contributed by atoms with E-state index < -0.39 is 16.9 Å². The van der Waals surface area contributed by atoms with Gasteiger partial charge in [-0.05, 0) is 49.4 Å². The molecule has 1 aromatic heterocycles. The van der Waals surface area contributed by atoms with Crippen LogP contribution in [0, 0.1) is 11.6 Å². The number of carbonyl (C=O) groups is 1. The molecule has 27 heavy (non-hydrogen) atoms. The van der Waals surface area contributed by atoms with Crippen molar-refractivity contribution in [1.29, 1.82) is 0 Å². The minimum atomic E-state index is -1.04. The number of nitrogens with zero attached hydrogens (tertiary/aromatic N) is 3. The zero-order valence-electron chi connectivity index (χ0n) is 14.9. The summed E-state index contributed by atoms with van der Waals surface area (Å²) in [5.41, 5.74) is 0.976. The van der Waals surface area contributed by atoms with Gasteiger partial charge in [0.2, 0.25) is 0 Å². The number of Topliss-reactive ketones (excluding diaryl/α,β-unsaturated/α-hetero) is 1. The first-order valence-electron chi connectivity index (χ1n) is 8.10. The molecule has 0 saturated carbocycles. The van der Waals surface area contributed by atoms with Crippen molar-refractivity contribution >= 4 is 17.5 Å². The summed E-state index contributed by atoms with van der Waals surface area (Å²) in [4.78, 5) is 12.5. The summed E-state index contributed by atoms with van der Waals surface area (Å²) in [5, 5.41) is 8.33. The zero-order chi connectivity index (χ0) is 19.6. The molecule has 0 aliphatic rings. The van der Waals surface area contributed by atoms with Crippen LogP contribution in [0.15, 0.2) is 47.6 Å². The lowest BCUT2D eigenvalue weighted by Crippen LogP contribution is -2.15. The molecule has 0 fully saturated rings. The first kappa shape index (κ1) is 19.0. The third kappa shape index (κ3) is 4.00. The fourth-order valence-corrected chi connectivity index (χ4v) is 3.40. The molecule has 0 saturated heterocycles. The number of halogens is 2. The molecule has 140 valence electrons. The summed E-state index contributed by atoms with van der Waals surface area (Å²) in [6.45, 7) is 1.69. The van der Waals surface area contributed by atoms with Crippen LogP contribution in [0.5, 0.6) is 5.75 Å². The Morgan fingerprint density at radius 2 is 1.81 bits per heavy atom. The number of benzene rings is 2. The summed E-state index contributed by atoms with van der Waals surface area (Å²) < 4.78 is 33.3. The molecule has 1 atom stereocenters. The van der Waals surface area contributed by atoms with Crippen LogP contribution in [0.4, 0.5) is 8.78 Å². The van der Waals surface area contributed by atoms with Crippen molar-refractivity contribution in [3.8, 4) is 17.1 Å². The van der Waals surface area contributed by atoms with E-state index in [9.17, 15) is 13.6 Å². The molecule has 0 bridgehead atoms. The van der Waals surface area contributed by atoms with Crippen LogP contribution in [-0.2, 0) is 7.05 Å². The molecule has 0 aliphatic heterocycles. The maximum atomic E-state index is 13.4. The Hall–Kier alpha value is -2.74. The Bertz CT molecular complexity index is 974. The average Bonchev–Trinajstić information content (AvgIpc) is 3.03. The highest BCUT2D eigenvalue weighted by Crippen LogP contribution is 2.28. The number of hydrogen-bond donors (Lipinski definition) is 0. The van der Waals surface area contributed by atoms with E-state index in [1.165, 1.54) is 17.8 Å². The molecule has 0 spiro atoms. The molecule has 1 heterocycles. The van der Waals surface area contributed by atoms with Gasteiger partial charge in [-0.25, -0.2) is 8.78 Å². The minimum Gasteiger partial charge on any atom is -0.497 e. The summed E-state index contributed by atoms with van der Waals surface area (Å²) in [6.07, 6.45) is 0. The van der Waals surface area contributed by atoms with Crippen molar-refractivity contribution in [3.05, 3.63) is 59.7 Å². The van der Waals surface area contributed by atoms with Crippen LogP contribution in [0.2, 0.25) is 0 Å². The molecule has 3 aromatic rings. The molecule has 1 unspecified atom stereocenters. The third-order valence-corrected chi connectivity index (χ3v) is 5.17. The normalized spacial score (nSPS) is 12.0. The summed E-state index contributed by atoms with van der Waals surface area (Å²) in [6, 6.07) is 10.5. The van der Waals surface area contributed by atoms with Gasteiger partial charge in [0.05, 0.1) is 12.4 Å². The lowest BCUT2D eigenvalue weighted by Gasteiger charge is -2.10. The van der Waals surface area contributed by atoms with Crippen molar-refractivity contribution in [2.24, 2.45) is 7.05 Å². The van der Waals surface area contributed by atoms with Gasteiger partial charge in [0, 0.05) is 18.2 Å².